The highest BCUT2D eigenvalue weighted by Gasteiger charge is 2.31. The van der Waals surface area contributed by atoms with E-state index in [4.69, 9.17) is 9.51 Å². The lowest BCUT2D eigenvalue weighted by molar-refractivity contribution is 0.0994. The standard InChI is InChI=1S/C27H33N6O3P/c1-18-9-10-23-22(15-18)26(35)32(3)24-17-28-27(30-25(24)31(23)2)29-19-7-6-8-21(16-19)37(5,36-4)33-13-11-20(34)12-14-33/h6-10,15-17,20,34H,5,11-14H2,1-4H3,(H,28,29,30). The minimum absolute atomic E-state index is 0.0955. The summed E-state index contributed by atoms with van der Waals surface area (Å²) in [7, 11) is 3.07. The molecule has 3 aromatic rings. The Morgan fingerprint density at radius 3 is 2.59 bits per heavy atom. The summed E-state index contributed by atoms with van der Waals surface area (Å²) in [5, 5.41) is 14.3. The van der Waals surface area contributed by atoms with E-state index in [0.717, 1.165) is 35.3 Å². The van der Waals surface area contributed by atoms with Crippen molar-refractivity contribution in [3.8, 4) is 0 Å². The van der Waals surface area contributed by atoms with Gasteiger partial charge in [-0.05, 0) is 44.0 Å². The van der Waals surface area contributed by atoms with Gasteiger partial charge in [0.25, 0.3) is 5.91 Å². The third kappa shape index (κ3) is 4.64. The van der Waals surface area contributed by atoms with E-state index in [0.29, 0.717) is 35.9 Å². The molecule has 0 saturated carbocycles. The molecule has 1 unspecified atom stereocenters. The first kappa shape index (κ1) is 25.4. The second-order valence-corrected chi connectivity index (χ2v) is 12.4. The Balaban J connectivity index is 1.46. The number of hydrogen-bond acceptors (Lipinski definition) is 8. The van der Waals surface area contributed by atoms with Crippen LogP contribution in [0.25, 0.3) is 0 Å². The Morgan fingerprint density at radius 1 is 1.11 bits per heavy atom. The van der Waals surface area contributed by atoms with Gasteiger partial charge in [0.15, 0.2) is 5.82 Å². The summed E-state index contributed by atoms with van der Waals surface area (Å²) in [6.07, 6.45) is 7.35. The molecular formula is C27H33N6O3P. The maximum Gasteiger partial charge on any atom is 0.260 e. The molecule has 2 N–H and O–H groups in total. The van der Waals surface area contributed by atoms with Crippen molar-refractivity contribution in [3.05, 3.63) is 59.8 Å². The Hall–Kier alpha value is -3.23. The van der Waals surface area contributed by atoms with E-state index in [1.54, 1.807) is 25.3 Å². The van der Waals surface area contributed by atoms with E-state index in [-0.39, 0.29) is 12.0 Å². The average Bonchev–Trinajstić information content (AvgIpc) is 2.98. The fourth-order valence-electron chi connectivity index (χ4n) is 4.92. The van der Waals surface area contributed by atoms with Crippen LogP contribution in [-0.2, 0) is 4.52 Å². The first-order valence-electron chi connectivity index (χ1n) is 12.3. The molecule has 0 spiro atoms. The van der Waals surface area contributed by atoms with Crippen LogP contribution in [0.3, 0.4) is 0 Å². The van der Waals surface area contributed by atoms with Gasteiger partial charge < -0.3 is 24.7 Å². The van der Waals surface area contributed by atoms with Crippen LogP contribution < -0.4 is 20.4 Å². The molecule has 0 radical (unpaired) electrons. The monoisotopic (exact) mass is 520 g/mol. The van der Waals surface area contributed by atoms with Gasteiger partial charge in [0.05, 0.1) is 30.8 Å². The second kappa shape index (κ2) is 9.91. The number of carbonyl (C=O) groups is 1. The van der Waals surface area contributed by atoms with Crippen LogP contribution >= 0.6 is 7.26 Å². The normalized spacial score (nSPS) is 18.1. The van der Waals surface area contributed by atoms with Gasteiger partial charge in [-0.15, -0.1) is 0 Å². The van der Waals surface area contributed by atoms with E-state index in [9.17, 15) is 9.90 Å². The predicted octanol–water partition coefficient (Wildman–Crippen LogP) is 3.89. The number of aliphatic hydroxyl groups excluding tert-OH is 1. The van der Waals surface area contributed by atoms with E-state index in [1.807, 2.05) is 61.3 Å². The number of anilines is 5. The smallest absolute Gasteiger partial charge is 0.260 e. The summed E-state index contributed by atoms with van der Waals surface area (Å²) in [4.78, 5) is 26.0. The molecule has 0 bridgehead atoms. The molecule has 37 heavy (non-hydrogen) atoms. The first-order valence-corrected chi connectivity index (χ1v) is 14.2. The van der Waals surface area contributed by atoms with Crippen molar-refractivity contribution in [1.82, 2.24) is 14.6 Å². The van der Waals surface area contributed by atoms with E-state index < -0.39 is 7.26 Å². The van der Waals surface area contributed by atoms with Crippen LogP contribution in [0.2, 0.25) is 0 Å². The molecular weight excluding hydrogens is 487 g/mol. The molecule has 2 aromatic carbocycles. The lowest BCUT2D eigenvalue weighted by Crippen LogP contribution is -2.36. The molecule has 1 fully saturated rings. The van der Waals surface area contributed by atoms with Crippen LogP contribution in [0.5, 0.6) is 0 Å². The highest BCUT2D eigenvalue weighted by molar-refractivity contribution is 7.74. The van der Waals surface area contributed by atoms with Gasteiger partial charge in [0.2, 0.25) is 5.95 Å². The summed E-state index contributed by atoms with van der Waals surface area (Å²) < 4.78 is 8.27. The number of nitrogens with one attached hydrogen (secondary N) is 1. The molecule has 3 heterocycles. The lowest BCUT2D eigenvalue weighted by atomic mass is 10.1. The highest BCUT2D eigenvalue weighted by atomic mass is 31.2. The van der Waals surface area contributed by atoms with Crippen LogP contribution in [0.15, 0.2) is 48.7 Å². The number of benzene rings is 2. The lowest BCUT2D eigenvalue weighted by Gasteiger charge is -2.39. The summed E-state index contributed by atoms with van der Waals surface area (Å²) in [5.41, 5.74) is 3.90. The zero-order valence-corrected chi connectivity index (χ0v) is 22.6. The summed E-state index contributed by atoms with van der Waals surface area (Å²) in [5.74, 6) is 0.961. The third-order valence-electron chi connectivity index (χ3n) is 7.18. The zero-order valence-electron chi connectivity index (χ0n) is 21.7. The number of aromatic nitrogens is 2. The van der Waals surface area contributed by atoms with E-state index in [2.05, 4.69) is 21.3 Å². The Morgan fingerprint density at radius 2 is 1.86 bits per heavy atom. The number of rotatable bonds is 5. The van der Waals surface area contributed by atoms with Crippen LogP contribution in [0, 0.1) is 6.92 Å². The van der Waals surface area contributed by atoms with Crippen molar-refractivity contribution in [2.24, 2.45) is 0 Å². The highest BCUT2D eigenvalue weighted by Crippen LogP contribution is 2.50. The summed E-state index contributed by atoms with van der Waals surface area (Å²) >= 11 is 0. The van der Waals surface area contributed by atoms with Gasteiger partial charge in [-0.25, -0.2) is 4.98 Å². The number of nitrogens with zero attached hydrogens (tertiary/aromatic N) is 5. The van der Waals surface area contributed by atoms with Crippen LogP contribution in [-0.4, -0.2) is 72.4 Å². The van der Waals surface area contributed by atoms with Crippen LogP contribution in [0.4, 0.5) is 28.8 Å². The van der Waals surface area contributed by atoms with Gasteiger partial charge in [-0.1, -0.05) is 30.1 Å². The molecule has 2 aliphatic rings. The largest absolute Gasteiger partial charge is 0.393 e. The molecule has 1 amide bonds. The van der Waals surface area contributed by atoms with Gasteiger partial charge >= 0.3 is 0 Å². The Labute approximate surface area is 217 Å². The van der Waals surface area contributed by atoms with Crippen molar-refractivity contribution < 1.29 is 14.4 Å². The van der Waals surface area contributed by atoms with Crippen molar-refractivity contribution in [3.63, 3.8) is 0 Å². The minimum atomic E-state index is -2.29. The van der Waals surface area contributed by atoms with Crippen LogP contribution in [0.1, 0.15) is 28.8 Å². The number of amides is 1. The topological polar surface area (TPSA) is 94.1 Å². The fourth-order valence-corrected chi connectivity index (χ4v) is 7.22. The molecule has 10 heteroatoms. The number of piperidine rings is 1. The zero-order chi connectivity index (χ0) is 26.3. The van der Waals surface area contributed by atoms with Crippen molar-refractivity contribution >= 4 is 53.6 Å². The molecule has 194 valence electrons. The maximum absolute atomic E-state index is 13.2. The predicted molar refractivity (Wildman–Crippen MR) is 151 cm³/mol. The molecule has 1 aromatic heterocycles. The van der Waals surface area contributed by atoms with Crippen molar-refractivity contribution in [2.75, 3.05) is 49.4 Å². The molecule has 2 aliphatic heterocycles. The SMILES string of the molecule is C=P(OC)(c1cccc(Nc2ncc3c(n2)N(C)c2ccc(C)cc2C(=O)N3C)c1)N1CCC(O)CC1. The van der Waals surface area contributed by atoms with Gasteiger partial charge in [0.1, 0.15) is 5.69 Å². The number of carbonyl (C=O) groups excluding carboxylic acids is 1. The molecule has 0 aliphatic carbocycles. The Kier molecular flexibility index (Phi) is 6.81. The summed E-state index contributed by atoms with van der Waals surface area (Å²) in [6.45, 7) is 3.47. The minimum Gasteiger partial charge on any atom is -0.393 e. The van der Waals surface area contributed by atoms with Gasteiger partial charge in [-0.3, -0.25) is 9.46 Å². The summed E-state index contributed by atoms with van der Waals surface area (Å²) in [6, 6.07) is 13.8. The van der Waals surface area contributed by atoms with E-state index in [1.165, 1.54) is 0 Å². The number of aliphatic hydroxyl groups is 1. The van der Waals surface area contributed by atoms with Gasteiger partial charge in [-0.2, -0.15) is 4.98 Å². The average molecular weight is 521 g/mol. The van der Waals surface area contributed by atoms with Crippen molar-refractivity contribution in [1.29, 1.82) is 0 Å². The number of fused-ring (bicyclic) bond motifs is 2. The number of hydrogen-bond donors (Lipinski definition) is 2. The molecule has 1 atom stereocenters. The van der Waals surface area contributed by atoms with Crippen molar-refractivity contribution in [2.45, 2.75) is 25.9 Å². The first-order chi connectivity index (χ1) is 17.7. The van der Waals surface area contributed by atoms with Gasteiger partial charge in [0, 0.05) is 45.3 Å². The maximum atomic E-state index is 13.2. The molecule has 9 nitrogen and oxygen atoms in total. The quantitative estimate of drug-likeness (QED) is 0.490. The second-order valence-electron chi connectivity index (χ2n) is 9.59. The molecule has 5 rings (SSSR count). The third-order valence-corrected chi connectivity index (χ3v) is 10.2. The number of aryl methyl sites for hydroxylation is 1. The Bertz CT molecular complexity index is 1390. The van der Waals surface area contributed by atoms with E-state index >= 15 is 0 Å². The fraction of sp³-hybridized carbons (Fsp3) is 0.333. The molecule has 1 saturated heterocycles.